The third-order valence-electron chi connectivity index (χ3n) is 4.37. The quantitative estimate of drug-likeness (QED) is 0.525. The van der Waals surface area contributed by atoms with Gasteiger partial charge in [0.15, 0.2) is 0 Å². The first-order valence-corrected chi connectivity index (χ1v) is 9.57. The molecule has 1 saturated heterocycles. The Bertz CT molecular complexity index is 428. The normalized spacial score (nSPS) is 25.3. The Hall–Kier alpha value is -0.430. The molecule has 0 N–H and O–H groups in total. The van der Waals surface area contributed by atoms with Crippen molar-refractivity contribution in [2.24, 2.45) is 5.92 Å². The highest BCUT2D eigenvalue weighted by Crippen LogP contribution is 2.20. The lowest BCUT2D eigenvalue weighted by molar-refractivity contribution is 0.160. The number of hydrogen-bond acceptors (Lipinski definition) is 4. The van der Waals surface area contributed by atoms with Gasteiger partial charge in [-0.05, 0) is 31.6 Å². The van der Waals surface area contributed by atoms with E-state index in [0.717, 1.165) is 25.6 Å². The molecule has 0 spiro atoms. The molecule has 5 nitrogen and oxygen atoms in total. The first-order chi connectivity index (χ1) is 10.1. The van der Waals surface area contributed by atoms with E-state index in [-0.39, 0.29) is 5.75 Å². The summed E-state index contributed by atoms with van der Waals surface area (Å²) >= 11 is 0. The Morgan fingerprint density at radius 1 is 1.19 bits per heavy atom. The zero-order chi connectivity index (χ0) is 15.1. The standard InChI is InChI=1S/C15H28N2O3S/c1-20-12-5-13-21(18,19)17-10-8-16(9-11-17)14-15-6-3-2-4-7-15/h2-3,15H,4-14H2,1H3. The van der Waals surface area contributed by atoms with Crippen LogP contribution >= 0.6 is 0 Å². The Labute approximate surface area is 129 Å². The van der Waals surface area contributed by atoms with E-state index in [1.54, 1.807) is 11.4 Å². The molecule has 0 amide bonds. The first kappa shape index (κ1) is 16.9. The van der Waals surface area contributed by atoms with Crippen molar-refractivity contribution in [1.29, 1.82) is 0 Å². The molecule has 2 rings (SSSR count). The highest BCUT2D eigenvalue weighted by atomic mass is 32.2. The summed E-state index contributed by atoms with van der Waals surface area (Å²) in [6, 6.07) is 0. The van der Waals surface area contributed by atoms with Crippen LogP contribution in [0.4, 0.5) is 0 Å². The van der Waals surface area contributed by atoms with Crippen LogP contribution in [0.1, 0.15) is 25.7 Å². The minimum atomic E-state index is -3.10. The third kappa shape index (κ3) is 5.36. The molecule has 2 aliphatic rings. The van der Waals surface area contributed by atoms with Crippen LogP contribution < -0.4 is 0 Å². The zero-order valence-corrected chi connectivity index (χ0v) is 13.9. The van der Waals surface area contributed by atoms with E-state index in [2.05, 4.69) is 17.1 Å². The van der Waals surface area contributed by atoms with Crippen LogP contribution in [-0.4, -0.2) is 69.8 Å². The molecular weight excluding hydrogens is 288 g/mol. The Morgan fingerprint density at radius 3 is 2.57 bits per heavy atom. The highest BCUT2D eigenvalue weighted by Gasteiger charge is 2.27. The molecule has 1 heterocycles. The second kappa shape index (κ2) is 8.27. The molecule has 1 atom stereocenters. The SMILES string of the molecule is COCCCS(=O)(=O)N1CCN(CC2CC=CCC2)CC1. The van der Waals surface area contributed by atoms with Gasteiger partial charge >= 0.3 is 0 Å². The molecule has 6 heteroatoms. The molecule has 122 valence electrons. The maximum Gasteiger partial charge on any atom is 0.214 e. The second-order valence-corrected chi connectivity index (χ2v) is 8.10. The van der Waals surface area contributed by atoms with Crippen LogP contribution in [0.5, 0.6) is 0 Å². The highest BCUT2D eigenvalue weighted by molar-refractivity contribution is 7.89. The fraction of sp³-hybridized carbons (Fsp3) is 0.867. The maximum atomic E-state index is 12.2. The molecule has 1 aliphatic carbocycles. The lowest BCUT2D eigenvalue weighted by Crippen LogP contribution is -2.50. The van der Waals surface area contributed by atoms with E-state index in [1.165, 1.54) is 19.3 Å². The molecule has 0 aromatic carbocycles. The van der Waals surface area contributed by atoms with E-state index in [4.69, 9.17) is 4.74 Å². The number of sulfonamides is 1. The van der Waals surface area contributed by atoms with Gasteiger partial charge in [-0.3, -0.25) is 0 Å². The monoisotopic (exact) mass is 316 g/mol. The smallest absolute Gasteiger partial charge is 0.214 e. The fourth-order valence-corrected chi connectivity index (χ4v) is 4.55. The van der Waals surface area contributed by atoms with Crippen LogP contribution in [0, 0.1) is 5.92 Å². The van der Waals surface area contributed by atoms with Crippen molar-refractivity contribution < 1.29 is 13.2 Å². The van der Waals surface area contributed by atoms with Gasteiger partial charge in [0.25, 0.3) is 0 Å². The van der Waals surface area contributed by atoms with E-state index in [0.29, 0.717) is 26.1 Å². The lowest BCUT2D eigenvalue weighted by Gasteiger charge is -2.36. The summed E-state index contributed by atoms with van der Waals surface area (Å²) in [6.07, 6.45) is 8.76. The van der Waals surface area contributed by atoms with Gasteiger partial charge in [0, 0.05) is 46.4 Å². The van der Waals surface area contributed by atoms with Gasteiger partial charge in [0.1, 0.15) is 0 Å². The van der Waals surface area contributed by atoms with Crippen LogP contribution in [0.2, 0.25) is 0 Å². The fourth-order valence-electron chi connectivity index (χ4n) is 3.09. The van der Waals surface area contributed by atoms with Crippen molar-refractivity contribution in [3.8, 4) is 0 Å². The molecule has 0 aromatic rings. The number of nitrogens with zero attached hydrogens (tertiary/aromatic N) is 2. The Morgan fingerprint density at radius 2 is 1.95 bits per heavy atom. The van der Waals surface area contributed by atoms with Gasteiger partial charge in [-0.25, -0.2) is 8.42 Å². The molecular formula is C15H28N2O3S. The van der Waals surface area contributed by atoms with Gasteiger partial charge in [-0.1, -0.05) is 12.2 Å². The van der Waals surface area contributed by atoms with Crippen molar-refractivity contribution >= 4 is 10.0 Å². The minimum absolute atomic E-state index is 0.203. The lowest BCUT2D eigenvalue weighted by atomic mass is 9.94. The van der Waals surface area contributed by atoms with Gasteiger partial charge < -0.3 is 9.64 Å². The third-order valence-corrected chi connectivity index (χ3v) is 6.33. The summed E-state index contributed by atoms with van der Waals surface area (Å²) in [4.78, 5) is 2.42. The first-order valence-electron chi connectivity index (χ1n) is 7.96. The topological polar surface area (TPSA) is 49.9 Å². The summed E-state index contributed by atoms with van der Waals surface area (Å²) in [7, 11) is -1.49. The molecule has 1 fully saturated rings. The summed E-state index contributed by atoms with van der Waals surface area (Å²) < 4.78 is 31.0. The molecule has 1 aliphatic heterocycles. The maximum absolute atomic E-state index is 12.2. The molecule has 21 heavy (non-hydrogen) atoms. The van der Waals surface area contributed by atoms with E-state index >= 15 is 0 Å². The number of hydrogen-bond donors (Lipinski definition) is 0. The van der Waals surface area contributed by atoms with Crippen molar-refractivity contribution in [1.82, 2.24) is 9.21 Å². The van der Waals surface area contributed by atoms with Crippen LogP contribution in [0.15, 0.2) is 12.2 Å². The predicted molar refractivity (Wildman–Crippen MR) is 84.8 cm³/mol. The Balaban J connectivity index is 1.73. The zero-order valence-electron chi connectivity index (χ0n) is 13.0. The molecule has 0 radical (unpaired) electrons. The predicted octanol–water partition coefficient (Wildman–Crippen LogP) is 1.33. The van der Waals surface area contributed by atoms with Crippen LogP contribution in [-0.2, 0) is 14.8 Å². The molecule has 0 aromatic heterocycles. The van der Waals surface area contributed by atoms with Crippen molar-refractivity contribution in [2.75, 3.05) is 52.2 Å². The van der Waals surface area contributed by atoms with Gasteiger partial charge in [-0.15, -0.1) is 0 Å². The molecule has 0 bridgehead atoms. The van der Waals surface area contributed by atoms with E-state index in [1.807, 2.05) is 0 Å². The molecule has 0 saturated carbocycles. The average molecular weight is 316 g/mol. The minimum Gasteiger partial charge on any atom is -0.385 e. The van der Waals surface area contributed by atoms with Crippen LogP contribution in [0.25, 0.3) is 0 Å². The van der Waals surface area contributed by atoms with Crippen molar-refractivity contribution in [2.45, 2.75) is 25.7 Å². The number of allylic oxidation sites excluding steroid dienone is 2. The summed E-state index contributed by atoms with van der Waals surface area (Å²) in [5.41, 5.74) is 0. The second-order valence-electron chi connectivity index (χ2n) is 6.01. The van der Waals surface area contributed by atoms with E-state index < -0.39 is 10.0 Å². The summed E-state index contributed by atoms with van der Waals surface area (Å²) in [5.74, 6) is 0.953. The van der Waals surface area contributed by atoms with Crippen LogP contribution in [0.3, 0.4) is 0 Å². The van der Waals surface area contributed by atoms with Gasteiger partial charge in [0.05, 0.1) is 5.75 Å². The van der Waals surface area contributed by atoms with Crippen molar-refractivity contribution in [3.05, 3.63) is 12.2 Å². The van der Waals surface area contributed by atoms with E-state index in [9.17, 15) is 8.42 Å². The van der Waals surface area contributed by atoms with Gasteiger partial charge in [-0.2, -0.15) is 4.31 Å². The number of piperazine rings is 1. The number of rotatable bonds is 7. The van der Waals surface area contributed by atoms with Gasteiger partial charge in [0.2, 0.25) is 10.0 Å². The molecule has 1 unspecified atom stereocenters. The summed E-state index contributed by atoms with van der Waals surface area (Å²) in [6.45, 7) is 4.62. The van der Waals surface area contributed by atoms with Crippen molar-refractivity contribution in [3.63, 3.8) is 0 Å². The number of methoxy groups -OCH3 is 1. The summed E-state index contributed by atoms with van der Waals surface area (Å²) in [5, 5.41) is 0. The number of ether oxygens (including phenoxy) is 1. The Kier molecular flexibility index (Phi) is 6.67. The largest absolute Gasteiger partial charge is 0.385 e. The average Bonchev–Trinajstić information content (AvgIpc) is 2.49.